The molecule has 3 atom stereocenters. The van der Waals surface area contributed by atoms with Gasteiger partial charge in [-0.2, -0.15) is 10.7 Å². The zero-order valence-corrected chi connectivity index (χ0v) is 15.5. The number of amides is 1. The molecule has 2 aliphatic rings. The molecule has 144 valence electrons. The highest BCUT2D eigenvalue weighted by Gasteiger charge is 2.34. The summed E-state index contributed by atoms with van der Waals surface area (Å²) in [6, 6.07) is 19.3. The number of hydrazine groups is 1. The van der Waals surface area contributed by atoms with Gasteiger partial charge < -0.3 is 5.32 Å². The topological polar surface area (TPSA) is 89.4 Å². The van der Waals surface area contributed by atoms with E-state index >= 15 is 0 Å². The van der Waals surface area contributed by atoms with Crippen molar-refractivity contribution in [2.75, 3.05) is 13.1 Å². The van der Waals surface area contributed by atoms with E-state index in [0.29, 0.717) is 18.5 Å². The highest BCUT2D eigenvalue weighted by atomic mass is 16.7. The van der Waals surface area contributed by atoms with Gasteiger partial charge in [0.2, 0.25) is 5.91 Å². The maximum atomic E-state index is 12.6. The van der Waals surface area contributed by atoms with E-state index in [-0.39, 0.29) is 18.1 Å². The van der Waals surface area contributed by atoms with Crippen molar-refractivity contribution in [3.63, 3.8) is 0 Å². The van der Waals surface area contributed by atoms with Gasteiger partial charge in [0.15, 0.2) is 0 Å². The number of rotatable bonds is 5. The summed E-state index contributed by atoms with van der Waals surface area (Å²) in [6.07, 6.45) is 0.300. The Bertz CT molecular complexity index is 867. The van der Waals surface area contributed by atoms with Crippen LogP contribution >= 0.6 is 0 Å². The minimum absolute atomic E-state index is 0.0546. The summed E-state index contributed by atoms with van der Waals surface area (Å²) in [5.41, 5.74) is 8.89. The van der Waals surface area contributed by atoms with Crippen LogP contribution in [0.15, 0.2) is 54.6 Å². The predicted octanol–water partition coefficient (Wildman–Crippen LogP) is 1.40. The number of carbonyl (C=O) groups excluding carboxylic acids is 1. The number of nitriles is 1. The van der Waals surface area contributed by atoms with Crippen molar-refractivity contribution in [3.8, 4) is 6.07 Å². The molecule has 2 saturated heterocycles. The van der Waals surface area contributed by atoms with E-state index in [1.807, 2.05) is 30.3 Å². The van der Waals surface area contributed by atoms with Crippen molar-refractivity contribution in [2.24, 2.45) is 0 Å². The molecule has 0 radical (unpaired) electrons. The lowest BCUT2D eigenvalue weighted by Gasteiger charge is -2.17. The summed E-state index contributed by atoms with van der Waals surface area (Å²) in [4.78, 5) is 18.2. The lowest BCUT2D eigenvalue weighted by atomic mass is 10.0. The highest BCUT2D eigenvalue weighted by Crippen LogP contribution is 2.27. The second-order valence-electron chi connectivity index (χ2n) is 7.18. The quantitative estimate of drug-likeness (QED) is 0.730. The van der Waals surface area contributed by atoms with Crippen molar-refractivity contribution in [1.29, 1.82) is 5.26 Å². The second-order valence-corrected chi connectivity index (χ2v) is 7.18. The third-order valence-electron chi connectivity index (χ3n) is 5.07. The molecule has 3 unspecified atom stereocenters. The Hall–Kier alpha value is -2.76. The van der Waals surface area contributed by atoms with Crippen LogP contribution in [0.25, 0.3) is 0 Å². The van der Waals surface area contributed by atoms with Crippen LogP contribution in [0.2, 0.25) is 0 Å². The van der Waals surface area contributed by atoms with Crippen molar-refractivity contribution in [1.82, 2.24) is 21.2 Å². The van der Waals surface area contributed by atoms with E-state index in [9.17, 15) is 4.79 Å². The van der Waals surface area contributed by atoms with Crippen LogP contribution in [0.3, 0.4) is 0 Å². The van der Waals surface area contributed by atoms with Gasteiger partial charge in [0.05, 0.1) is 17.7 Å². The molecule has 4 rings (SSSR count). The van der Waals surface area contributed by atoms with Crippen LogP contribution in [-0.4, -0.2) is 36.1 Å². The molecule has 0 spiro atoms. The zero-order chi connectivity index (χ0) is 19.3. The molecule has 0 saturated carbocycles. The van der Waals surface area contributed by atoms with Crippen molar-refractivity contribution in [2.45, 2.75) is 31.2 Å². The Morgan fingerprint density at radius 3 is 2.93 bits per heavy atom. The fourth-order valence-corrected chi connectivity index (χ4v) is 3.60. The fourth-order valence-electron chi connectivity index (χ4n) is 3.60. The predicted molar refractivity (Wildman–Crippen MR) is 103 cm³/mol. The molecule has 2 fully saturated rings. The Labute approximate surface area is 164 Å². The fraction of sp³-hybridized carbons (Fsp3) is 0.333. The van der Waals surface area contributed by atoms with Crippen LogP contribution in [0.1, 0.15) is 29.2 Å². The third-order valence-corrected chi connectivity index (χ3v) is 5.07. The smallest absolute Gasteiger partial charge is 0.239 e. The number of hydroxylamine groups is 1. The van der Waals surface area contributed by atoms with E-state index in [1.165, 1.54) is 5.56 Å². The Morgan fingerprint density at radius 1 is 1.25 bits per heavy atom. The second kappa shape index (κ2) is 8.50. The summed E-state index contributed by atoms with van der Waals surface area (Å²) in [7, 11) is 0. The zero-order valence-electron chi connectivity index (χ0n) is 15.5. The van der Waals surface area contributed by atoms with Crippen LogP contribution in [0.4, 0.5) is 0 Å². The molecule has 3 N–H and O–H groups in total. The number of nitrogens with zero attached hydrogens (tertiary/aromatic N) is 2. The summed E-state index contributed by atoms with van der Waals surface area (Å²) in [6.45, 7) is 2.26. The van der Waals surface area contributed by atoms with E-state index in [2.05, 4.69) is 39.4 Å². The first-order valence-electron chi connectivity index (χ1n) is 9.45. The van der Waals surface area contributed by atoms with E-state index in [1.54, 1.807) is 12.1 Å². The molecule has 28 heavy (non-hydrogen) atoms. The van der Waals surface area contributed by atoms with Crippen LogP contribution in [0, 0.1) is 11.3 Å². The first-order chi connectivity index (χ1) is 13.7. The lowest BCUT2D eigenvalue weighted by molar-refractivity contribution is -0.124. The largest absolute Gasteiger partial charge is 0.349 e. The molecular weight excluding hydrogens is 354 g/mol. The molecule has 7 nitrogen and oxygen atoms in total. The van der Waals surface area contributed by atoms with Gasteiger partial charge in [-0.15, -0.1) is 0 Å². The highest BCUT2D eigenvalue weighted by molar-refractivity contribution is 5.82. The summed E-state index contributed by atoms with van der Waals surface area (Å²) >= 11 is 0. The SMILES string of the molecule is N#Cc1cccc(C2CC(C(=O)NC3CNN(Cc4ccccc4)C3)NO2)c1. The monoisotopic (exact) mass is 377 g/mol. The van der Waals surface area contributed by atoms with Crippen molar-refractivity contribution < 1.29 is 9.63 Å². The molecule has 2 aromatic rings. The molecular formula is C21H23N5O2. The molecule has 2 aliphatic heterocycles. The minimum atomic E-state index is -0.404. The number of hydrogen-bond donors (Lipinski definition) is 3. The molecule has 7 heteroatoms. The molecule has 2 aromatic carbocycles. The van der Waals surface area contributed by atoms with Crippen molar-refractivity contribution in [3.05, 3.63) is 71.3 Å². The molecule has 0 aliphatic carbocycles. The van der Waals surface area contributed by atoms with Gasteiger partial charge in [-0.3, -0.25) is 15.1 Å². The maximum Gasteiger partial charge on any atom is 0.239 e. The van der Waals surface area contributed by atoms with Crippen LogP contribution < -0.4 is 16.2 Å². The number of nitrogens with one attached hydrogen (secondary N) is 3. The van der Waals surface area contributed by atoms with Gasteiger partial charge in [-0.05, 0) is 23.3 Å². The minimum Gasteiger partial charge on any atom is -0.349 e. The first kappa shape index (κ1) is 18.6. The molecule has 1 amide bonds. The standard InChI is InChI=1S/C21H23N5O2/c22-11-16-7-4-8-17(9-16)20-10-19(25-28-20)21(27)24-18-12-23-26(14-18)13-15-5-2-1-3-6-15/h1-9,18-20,23,25H,10,12-14H2,(H,24,27). The van der Waals surface area contributed by atoms with E-state index in [4.69, 9.17) is 10.1 Å². The number of hydrogen-bond acceptors (Lipinski definition) is 6. The average molecular weight is 377 g/mol. The number of benzene rings is 2. The first-order valence-corrected chi connectivity index (χ1v) is 9.45. The van der Waals surface area contributed by atoms with E-state index in [0.717, 1.165) is 18.7 Å². The van der Waals surface area contributed by atoms with Gasteiger partial charge in [-0.25, -0.2) is 5.01 Å². The maximum absolute atomic E-state index is 12.6. The Balaban J connectivity index is 1.27. The van der Waals surface area contributed by atoms with Crippen LogP contribution in [-0.2, 0) is 16.2 Å². The van der Waals surface area contributed by atoms with Gasteiger partial charge in [0.1, 0.15) is 12.1 Å². The normalized spacial score (nSPS) is 24.8. The van der Waals surface area contributed by atoms with Gasteiger partial charge in [-0.1, -0.05) is 42.5 Å². The average Bonchev–Trinajstić information content (AvgIpc) is 3.39. The summed E-state index contributed by atoms with van der Waals surface area (Å²) in [5.74, 6) is -0.0627. The Kier molecular flexibility index (Phi) is 5.65. The number of carbonyl (C=O) groups is 1. The van der Waals surface area contributed by atoms with Crippen molar-refractivity contribution >= 4 is 5.91 Å². The summed E-state index contributed by atoms with van der Waals surface area (Å²) in [5, 5.41) is 14.3. The lowest BCUT2D eigenvalue weighted by Crippen LogP contribution is -2.46. The van der Waals surface area contributed by atoms with Gasteiger partial charge in [0.25, 0.3) is 0 Å². The third kappa shape index (κ3) is 4.38. The van der Waals surface area contributed by atoms with Crippen LogP contribution in [0.5, 0.6) is 0 Å². The van der Waals surface area contributed by atoms with Gasteiger partial charge >= 0.3 is 0 Å². The van der Waals surface area contributed by atoms with E-state index < -0.39 is 6.04 Å². The molecule has 2 heterocycles. The molecule has 0 bridgehead atoms. The molecule has 0 aromatic heterocycles. The Morgan fingerprint density at radius 2 is 2.11 bits per heavy atom. The van der Waals surface area contributed by atoms with Gasteiger partial charge in [0, 0.05) is 26.1 Å². The summed E-state index contributed by atoms with van der Waals surface area (Å²) < 4.78 is 0.